The number of ether oxygens (including phenoxy) is 2. The lowest BCUT2D eigenvalue weighted by molar-refractivity contribution is -0.169. The van der Waals surface area contributed by atoms with Crippen LogP contribution in [0.25, 0.3) is 0 Å². The number of aromatic nitrogens is 1. The van der Waals surface area contributed by atoms with Gasteiger partial charge in [-0.1, -0.05) is 6.07 Å². The summed E-state index contributed by atoms with van der Waals surface area (Å²) in [6.45, 7) is 7.17. The third-order valence-corrected chi connectivity index (χ3v) is 5.45. The number of rotatable bonds is 3. The number of amides is 1. The molecular formula is C21H25N3O3. The van der Waals surface area contributed by atoms with Gasteiger partial charge in [-0.15, -0.1) is 0 Å². The quantitative estimate of drug-likeness (QED) is 0.902. The first-order valence-electron chi connectivity index (χ1n) is 9.42. The van der Waals surface area contributed by atoms with E-state index in [0.29, 0.717) is 18.9 Å². The zero-order valence-electron chi connectivity index (χ0n) is 15.8. The summed E-state index contributed by atoms with van der Waals surface area (Å²) in [6, 6.07) is 9.61. The molecule has 2 fully saturated rings. The van der Waals surface area contributed by atoms with Crippen molar-refractivity contribution in [3.8, 4) is 0 Å². The topological polar surface area (TPSA) is 63.7 Å². The van der Waals surface area contributed by atoms with Gasteiger partial charge in [0.15, 0.2) is 5.79 Å². The lowest BCUT2D eigenvalue weighted by Crippen LogP contribution is -2.45. The van der Waals surface area contributed by atoms with Gasteiger partial charge in [0.25, 0.3) is 5.91 Å². The molecule has 1 amide bonds. The number of nitrogens with zero attached hydrogens (tertiary/aromatic N) is 2. The van der Waals surface area contributed by atoms with Crippen molar-refractivity contribution in [1.29, 1.82) is 0 Å². The molecule has 2 aliphatic rings. The summed E-state index contributed by atoms with van der Waals surface area (Å²) in [5.41, 5.74) is 4.56. The molecule has 2 aromatic rings. The lowest BCUT2D eigenvalue weighted by Gasteiger charge is -2.38. The molecule has 0 radical (unpaired) electrons. The molecule has 0 bridgehead atoms. The van der Waals surface area contributed by atoms with E-state index in [1.54, 1.807) is 12.3 Å². The summed E-state index contributed by atoms with van der Waals surface area (Å²) >= 11 is 0. The largest absolute Gasteiger partial charge is 0.370 e. The van der Waals surface area contributed by atoms with Crippen LogP contribution in [0.2, 0.25) is 0 Å². The zero-order chi connectivity index (χ0) is 18.9. The normalized spacial score (nSPS) is 18.7. The van der Waals surface area contributed by atoms with Crippen LogP contribution in [0.15, 0.2) is 36.5 Å². The lowest BCUT2D eigenvalue weighted by atomic mass is 10.0. The molecule has 2 saturated heterocycles. The third-order valence-electron chi connectivity index (χ3n) is 5.45. The minimum absolute atomic E-state index is 0.199. The van der Waals surface area contributed by atoms with Crippen molar-refractivity contribution in [2.75, 3.05) is 36.5 Å². The smallest absolute Gasteiger partial charge is 0.274 e. The summed E-state index contributed by atoms with van der Waals surface area (Å²) in [5, 5.41) is 2.91. The molecule has 1 aromatic carbocycles. The van der Waals surface area contributed by atoms with Crippen LogP contribution >= 0.6 is 0 Å². The molecule has 0 unspecified atom stereocenters. The maximum absolute atomic E-state index is 12.4. The third kappa shape index (κ3) is 3.82. The Kier molecular flexibility index (Phi) is 4.85. The second-order valence-corrected chi connectivity index (χ2v) is 7.25. The molecule has 6 nitrogen and oxygen atoms in total. The molecule has 0 aliphatic carbocycles. The standard InChI is InChI=1S/C21H25N3O3/c1-15-3-4-17(13-16(15)2)23-20(25)19-6-5-18(14-22-19)24-9-7-21(8-10-24)26-11-12-27-21/h3-6,13-14H,7-12H2,1-2H3,(H,23,25). The Morgan fingerprint density at radius 3 is 2.44 bits per heavy atom. The van der Waals surface area contributed by atoms with Crippen LogP contribution in [0.5, 0.6) is 0 Å². The van der Waals surface area contributed by atoms with Gasteiger partial charge >= 0.3 is 0 Å². The molecule has 142 valence electrons. The summed E-state index contributed by atoms with van der Waals surface area (Å²) in [6.07, 6.45) is 3.47. The molecule has 6 heteroatoms. The fraction of sp³-hybridized carbons (Fsp3) is 0.429. The molecule has 2 aliphatic heterocycles. The Morgan fingerprint density at radius 1 is 1.07 bits per heavy atom. The van der Waals surface area contributed by atoms with Gasteiger partial charge in [-0.3, -0.25) is 4.79 Å². The van der Waals surface area contributed by atoms with Gasteiger partial charge in [0.2, 0.25) is 0 Å². The van der Waals surface area contributed by atoms with Crippen LogP contribution in [0.1, 0.15) is 34.5 Å². The number of anilines is 2. The molecule has 1 N–H and O–H groups in total. The van der Waals surface area contributed by atoms with Crippen LogP contribution < -0.4 is 10.2 Å². The molecule has 0 atom stereocenters. The molecule has 1 aromatic heterocycles. The van der Waals surface area contributed by atoms with Gasteiger partial charge in [-0.2, -0.15) is 0 Å². The van der Waals surface area contributed by atoms with Crippen LogP contribution in [0.3, 0.4) is 0 Å². The highest BCUT2D eigenvalue weighted by Gasteiger charge is 2.39. The molecule has 1 spiro atoms. The summed E-state index contributed by atoms with van der Waals surface area (Å²) < 4.78 is 11.5. The second-order valence-electron chi connectivity index (χ2n) is 7.25. The van der Waals surface area contributed by atoms with Gasteiger partial charge in [-0.25, -0.2) is 4.98 Å². The van der Waals surface area contributed by atoms with Crippen LogP contribution in [0, 0.1) is 13.8 Å². The highest BCUT2D eigenvalue weighted by atomic mass is 16.7. The average Bonchev–Trinajstić information content (AvgIpc) is 3.13. The maximum Gasteiger partial charge on any atom is 0.274 e. The first-order chi connectivity index (χ1) is 13.0. The van der Waals surface area contributed by atoms with E-state index in [2.05, 4.69) is 22.1 Å². The molecular weight excluding hydrogens is 342 g/mol. The SMILES string of the molecule is Cc1ccc(NC(=O)c2ccc(N3CCC4(CC3)OCCO4)cn2)cc1C. The van der Waals surface area contributed by atoms with Gasteiger partial charge in [-0.05, 0) is 49.2 Å². The van der Waals surface area contributed by atoms with E-state index in [0.717, 1.165) is 42.9 Å². The first-order valence-corrected chi connectivity index (χ1v) is 9.42. The van der Waals surface area contributed by atoms with Gasteiger partial charge in [0, 0.05) is 31.6 Å². The number of hydrogen-bond acceptors (Lipinski definition) is 5. The second kappa shape index (κ2) is 7.29. The summed E-state index contributed by atoms with van der Waals surface area (Å²) in [4.78, 5) is 19.1. The highest BCUT2D eigenvalue weighted by Crippen LogP contribution is 2.33. The van der Waals surface area contributed by atoms with Crippen molar-refractivity contribution in [2.24, 2.45) is 0 Å². The van der Waals surface area contributed by atoms with Crippen molar-refractivity contribution < 1.29 is 14.3 Å². The van der Waals surface area contributed by atoms with E-state index in [9.17, 15) is 4.79 Å². The maximum atomic E-state index is 12.4. The fourth-order valence-corrected chi connectivity index (χ4v) is 3.61. The van der Waals surface area contributed by atoms with E-state index >= 15 is 0 Å². The Balaban J connectivity index is 1.38. The number of carbonyl (C=O) groups is 1. The minimum Gasteiger partial charge on any atom is -0.370 e. The predicted molar refractivity (Wildman–Crippen MR) is 104 cm³/mol. The highest BCUT2D eigenvalue weighted by molar-refractivity contribution is 6.03. The molecule has 27 heavy (non-hydrogen) atoms. The fourth-order valence-electron chi connectivity index (χ4n) is 3.61. The van der Waals surface area contributed by atoms with Crippen molar-refractivity contribution in [3.05, 3.63) is 53.3 Å². The van der Waals surface area contributed by atoms with E-state index in [-0.39, 0.29) is 11.7 Å². The number of piperidine rings is 1. The minimum atomic E-state index is -0.379. The Morgan fingerprint density at radius 2 is 1.81 bits per heavy atom. The number of carbonyl (C=O) groups excluding carboxylic acids is 1. The Hall–Kier alpha value is -2.44. The van der Waals surface area contributed by atoms with E-state index in [4.69, 9.17) is 9.47 Å². The average molecular weight is 367 g/mol. The number of benzene rings is 1. The van der Waals surface area contributed by atoms with Gasteiger partial charge < -0.3 is 19.7 Å². The van der Waals surface area contributed by atoms with E-state index < -0.39 is 0 Å². The van der Waals surface area contributed by atoms with Crippen LogP contribution in [-0.4, -0.2) is 43.0 Å². The molecule has 3 heterocycles. The number of nitrogens with one attached hydrogen (secondary N) is 1. The molecule has 4 rings (SSSR count). The Bertz CT molecular complexity index is 819. The zero-order valence-corrected chi connectivity index (χ0v) is 15.8. The summed E-state index contributed by atoms with van der Waals surface area (Å²) in [5.74, 6) is -0.578. The van der Waals surface area contributed by atoms with Crippen LogP contribution in [0.4, 0.5) is 11.4 Å². The van der Waals surface area contributed by atoms with Crippen molar-refractivity contribution in [3.63, 3.8) is 0 Å². The van der Waals surface area contributed by atoms with Crippen molar-refractivity contribution >= 4 is 17.3 Å². The van der Waals surface area contributed by atoms with Crippen molar-refractivity contribution in [2.45, 2.75) is 32.5 Å². The van der Waals surface area contributed by atoms with E-state index in [1.807, 2.05) is 31.2 Å². The number of pyridine rings is 1. The van der Waals surface area contributed by atoms with E-state index in [1.165, 1.54) is 5.56 Å². The van der Waals surface area contributed by atoms with Gasteiger partial charge in [0.1, 0.15) is 5.69 Å². The number of aryl methyl sites for hydroxylation is 2. The van der Waals surface area contributed by atoms with Gasteiger partial charge in [0.05, 0.1) is 25.1 Å². The summed E-state index contributed by atoms with van der Waals surface area (Å²) in [7, 11) is 0. The number of hydrogen-bond donors (Lipinski definition) is 1. The monoisotopic (exact) mass is 367 g/mol. The first kappa shape index (κ1) is 17.9. The molecule has 0 saturated carbocycles. The van der Waals surface area contributed by atoms with Crippen LogP contribution in [-0.2, 0) is 9.47 Å². The van der Waals surface area contributed by atoms with Crippen molar-refractivity contribution in [1.82, 2.24) is 4.98 Å². The predicted octanol–water partition coefficient (Wildman–Crippen LogP) is 3.29. The Labute approximate surface area is 159 Å².